The van der Waals surface area contributed by atoms with E-state index in [0.717, 1.165) is 31.7 Å². The number of aliphatic carboxylic acids is 1. The zero-order valence-electron chi connectivity index (χ0n) is 37.8. The standard InChI is InChI=1S/C59H44N2O2S4/c1-57(2)43-13-9-7-11-39(43)41-22-19-36(28-45(41)57)61(37-20-23-42-40-12-8-10-14-44(40)58(3,4)46(42)29-37)35-17-15-33(16-18-35)52-30-47-54(66-52)55-48(59(47,5)6)31-53(67-55)51-26-25-50(65-51)49-24-21-38(64-49)27-34(32-60)56(62)63/h7-31H,1-6H3,(H,62,63)/b34-27+. The maximum absolute atomic E-state index is 11.4. The Balaban J connectivity index is 0.886. The summed E-state index contributed by atoms with van der Waals surface area (Å²) in [5.41, 5.74) is 17.5. The first-order chi connectivity index (χ1) is 32.2. The Hall–Kier alpha value is -6.60. The van der Waals surface area contributed by atoms with Crippen molar-refractivity contribution < 1.29 is 9.90 Å². The SMILES string of the molecule is CC1(C)c2ccccc2-c2ccc(N(c3ccc(-c4cc5c(s4)-c4sc(-c6ccc(-c7ccc(/C=C(\C#N)C(=O)O)s7)s6)cc4C5(C)C)cc3)c3ccc4c(c3)C(C)(C)c3ccccc3-4)cc21. The minimum atomic E-state index is -1.21. The summed E-state index contributed by atoms with van der Waals surface area (Å²) in [5.74, 6) is -1.21. The monoisotopic (exact) mass is 940 g/mol. The molecule has 3 aliphatic carbocycles. The molecular weight excluding hydrogens is 897 g/mol. The number of nitriles is 1. The second-order valence-corrected chi connectivity index (χ2v) is 23.7. The Bertz CT molecular complexity index is 3510. The second-order valence-electron chi connectivity index (χ2n) is 19.4. The van der Waals surface area contributed by atoms with Crippen molar-refractivity contribution in [3.63, 3.8) is 0 Å². The van der Waals surface area contributed by atoms with Crippen molar-refractivity contribution in [2.24, 2.45) is 0 Å². The van der Waals surface area contributed by atoms with E-state index in [4.69, 9.17) is 0 Å². The molecule has 0 bridgehead atoms. The van der Waals surface area contributed by atoms with Crippen LogP contribution >= 0.6 is 45.3 Å². The zero-order valence-corrected chi connectivity index (χ0v) is 41.1. The number of carbonyl (C=O) groups is 1. The first-order valence-corrected chi connectivity index (χ1v) is 25.7. The first-order valence-electron chi connectivity index (χ1n) is 22.5. The lowest BCUT2D eigenvalue weighted by Crippen LogP contribution is -2.18. The minimum absolute atomic E-state index is 0.120. The molecule has 5 aromatic carbocycles. The van der Waals surface area contributed by atoms with E-state index in [1.54, 1.807) is 17.4 Å². The molecule has 326 valence electrons. The van der Waals surface area contributed by atoms with Crippen LogP contribution in [-0.2, 0) is 21.0 Å². The lowest BCUT2D eigenvalue weighted by Gasteiger charge is -2.30. The molecule has 0 fully saturated rings. The number of benzene rings is 5. The van der Waals surface area contributed by atoms with E-state index >= 15 is 0 Å². The van der Waals surface area contributed by atoms with Crippen LogP contribution < -0.4 is 4.90 Å². The van der Waals surface area contributed by atoms with E-state index in [1.807, 2.05) is 34.8 Å². The number of hydrogen-bond donors (Lipinski definition) is 1. The summed E-state index contributed by atoms with van der Waals surface area (Å²) in [4.78, 5) is 23.2. The molecule has 1 N–H and O–H groups in total. The lowest BCUT2D eigenvalue weighted by molar-refractivity contribution is -0.132. The summed E-state index contributed by atoms with van der Waals surface area (Å²) >= 11 is 7.01. The van der Waals surface area contributed by atoms with Crippen LogP contribution in [-0.4, -0.2) is 11.1 Å². The van der Waals surface area contributed by atoms with Gasteiger partial charge in [-0.15, -0.1) is 45.3 Å². The van der Waals surface area contributed by atoms with Crippen molar-refractivity contribution in [3.05, 3.63) is 189 Å². The molecule has 12 rings (SSSR count). The highest BCUT2D eigenvalue weighted by Gasteiger charge is 2.41. The molecule has 0 saturated heterocycles. The van der Waals surface area contributed by atoms with Gasteiger partial charge in [-0.05, 0) is 140 Å². The third kappa shape index (κ3) is 6.36. The molecule has 0 radical (unpaired) electrons. The summed E-state index contributed by atoms with van der Waals surface area (Å²) in [6, 6.07) is 55.9. The van der Waals surface area contributed by atoms with Gasteiger partial charge in [0.2, 0.25) is 0 Å². The van der Waals surface area contributed by atoms with Crippen molar-refractivity contribution in [2.45, 2.75) is 57.8 Å². The Morgan fingerprint density at radius 3 is 1.52 bits per heavy atom. The van der Waals surface area contributed by atoms with Crippen LogP contribution in [0.5, 0.6) is 0 Å². The number of anilines is 3. The maximum Gasteiger partial charge on any atom is 0.346 e. The van der Waals surface area contributed by atoms with Crippen LogP contribution in [0, 0.1) is 11.3 Å². The van der Waals surface area contributed by atoms with E-state index < -0.39 is 5.97 Å². The molecule has 8 heteroatoms. The van der Waals surface area contributed by atoms with E-state index in [-0.39, 0.29) is 21.8 Å². The van der Waals surface area contributed by atoms with E-state index in [1.165, 1.54) is 103 Å². The van der Waals surface area contributed by atoms with Gasteiger partial charge < -0.3 is 10.0 Å². The smallest absolute Gasteiger partial charge is 0.346 e. The molecule has 9 aromatic rings. The van der Waals surface area contributed by atoms with Gasteiger partial charge in [0.1, 0.15) is 11.6 Å². The van der Waals surface area contributed by atoms with Crippen LogP contribution in [0.4, 0.5) is 17.1 Å². The fraction of sp³-hybridized carbons (Fsp3) is 0.153. The molecule has 4 aromatic heterocycles. The Labute approximate surface area is 407 Å². The van der Waals surface area contributed by atoms with Crippen molar-refractivity contribution in [1.29, 1.82) is 5.26 Å². The highest BCUT2D eigenvalue weighted by atomic mass is 32.1. The Morgan fingerprint density at radius 2 is 0.955 bits per heavy atom. The predicted octanol–water partition coefficient (Wildman–Crippen LogP) is 17.3. The number of thiophene rings is 4. The predicted molar refractivity (Wildman–Crippen MR) is 283 cm³/mol. The Morgan fingerprint density at radius 1 is 0.493 bits per heavy atom. The van der Waals surface area contributed by atoms with Gasteiger partial charge in [-0.3, -0.25) is 0 Å². The molecule has 0 spiro atoms. The maximum atomic E-state index is 11.4. The molecule has 0 unspecified atom stereocenters. The number of fused-ring (bicyclic) bond motifs is 9. The van der Waals surface area contributed by atoms with Gasteiger partial charge in [-0.1, -0.05) is 114 Å². The number of carboxylic acid groups (broad SMARTS) is 1. The normalized spacial score (nSPS) is 15.3. The summed E-state index contributed by atoms with van der Waals surface area (Å²) in [7, 11) is 0. The van der Waals surface area contributed by atoms with Gasteiger partial charge >= 0.3 is 5.97 Å². The van der Waals surface area contributed by atoms with Crippen molar-refractivity contribution >= 4 is 74.5 Å². The largest absolute Gasteiger partial charge is 0.477 e. The summed E-state index contributed by atoms with van der Waals surface area (Å²) < 4.78 is 0. The molecule has 0 amide bonds. The first kappa shape index (κ1) is 41.8. The quantitative estimate of drug-likeness (QED) is 0.122. The highest BCUT2D eigenvalue weighted by Crippen LogP contribution is 2.59. The number of carboxylic acids is 1. The molecule has 4 heterocycles. The van der Waals surface area contributed by atoms with Crippen molar-refractivity contribution in [2.75, 3.05) is 4.90 Å². The summed E-state index contributed by atoms with van der Waals surface area (Å²) in [5, 5.41) is 18.6. The lowest BCUT2D eigenvalue weighted by atomic mass is 9.82. The molecule has 0 saturated carbocycles. The number of nitrogens with zero attached hydrogens (tertiary/aromatic N) is 2. The zero-order chi connectivity index (χ0) is 46.1. The minimum Gasteiger partial charge on any atom is -0.477 e. The molecule has 0 atom stereocenters. The average Bonchev–Trinajstić information content (AvgIpc) is 4.20. The third-order valence-electron chi connectivity index (χ3n) is 14.4. The third-order valence-corrected chi connectivity index (χ3v) is 19.4. The van der Waals surface area contributed by atoms with Gasteiger partial charge in [0.05, 0.1) is 0 Å². The molecule has 67 heavy (non-hydrogen) atoms. The Kier molecular flexibility index (Phi) is 9.33. The van der Waals surface area contributed by atoms with Crippen molar-refractivity contribution in [3.8, 4) is 68.0 Å². The molecule has 0 aliphatic heterocycles. The second kappa shape index (κ2) is 15.0. The van der Waals surface area contributed by atoms with Gasteiger partial charge in [-0.25, -0.2) is 4.79 Å². The molecule has 3 aliphatic rings. The van der Waals surface area contributed by atoms with Crippen LogP contribution in [0.3, 0.4) is 0 Å². The van der Waals surface area contributed by atoms with Crippen molar-refractivity contribution in [1.82, 2.24) is 0 Å². The number of hydrogen-bond acceptors (Lipinski definition) is 7. The van der Waals surface area contributed by atoms with Crippen LogP contribution in [0.2, 0.25) is 0 Å². The summed E-state index contributed by atoms with van der Waals surface area (Å²) in [6.07, 6.45) is 1.44. The number of rotatable bonds is 8. The topological polar surface area (TPSA) is 64.3 Å². The average molecular weight is 941 g/mol. The van der Waals surface area contributed by atoms with Crippen LogP contribution in [0.25, 0.3) is 68.0 Å². The fourth-order valence-electron chi connectivity index (χ4n) is 10.8. The summed E-state index contributed by atoms with van der Waals surface area (Å²) in [6.45, 7) is 14.1. The molecule has 4 nitrogen and oxygen atoms in total. The van der Waals surface area contributed by atoms with E-state index in [0.29, 0.717) is 0 Å². The van der Waals surface area contributed by atoms with Gasteiger partial charge in [-0.2, -0.15) is 5.26 Å². The molecular formula is C59H44N2O2S4. The fourth-order valence-corrected chi connectivity index (χ4v) is 15.7. The van der Waals surface area contributed by atoms with Gasteiger partial charge in [0.15, 0.2) is 0 Å². The van der Waals surface area contributed by atoms with E-state index in [2.05, 4.69) is 180 Å². The van der Waals surface area contributed by atoms with Gasteiger partial charge in [0.25, 0.3) is 0 Å². The van der Waals surface area contributed by atoms with Crippen LogP contribution in [0.1, 0.15) is 79.8 Å². The van der Waals surface area contributed by atoms with Gasteiger partial charge in [0, 0.05) is 72.3 Å². The van der Waals surface area contributed by atoms with E-state index in [9.17, 15) is 15.2 Å². The highest BCUT2D eigenvalue weighted by molar-refractivity contribution is 7.29. The van der Waals surface area contributed by atoms with Crippen LogP contribution in [0.15, 0.2) is 151 Å².